The minimum atomic E-state index is -0.552. The molecule has 3 rings (SSSR count). The molecule has 2 N–H and O–H groups in total. The van der Waals surface area contributed by atoms with Crippen LogP contribution >= 0.6 is 0 Å². The lowest BCUT2D eigenvalue weighted by Gasteiger charge is -2.13. The summed E-state index contributed by atoms with van der Waals surface area (Å²) in [5, 5.41) is 9.06. The molecule has 2 heterocycles. The Hall–Kier alpha value is -3.16. The second-order valence-electron chi connectivity index (χ2n) is 5.55. The number of rotatable bonds is 5. The number of aromatic nitrogens is 2. The van der Waals surface area contributed by atoms with Gasteiger partial charge in [0.15, 0.2) is 0 Å². The number of hydrogen-bond acceptors (Lipinski definition) is 4. The van der Waals surface area contributed by atoms with Crippen LogP contribution in [0.1, 0.15) is 18.5 Å². The first-order valence-corrected chi connectivity index (χ1v) is 7.50. The van der Waals surface area contributed by atoms with Crippen LogP contribution in [-0.2, 0) is 9.59 Å². The predicted octanol–water partition coefficient (Wildman–Crippen LogP) is 0.983. The molecular formula is C16H17N5O3. The zero-order chi connectivity index (χ0) is 17.1. The topological polar surface area (TPSA) is 96.3 Å². The Morgan fingerprint density at radius 2 is 2.08 bits per heavy atom. The third-order valence-electron chi connectivity index (χ3n) is 3.77. The predicted molar refractivity (Wildman–Crippen MR) is 86.2 cm³/mol. The maximum atomic E-state index is 12.0. The quantitative estimate of drug-likeness (QED) is 0.800. The highest BCUT2D eigenvalue weighted by Gasteiger charge is 2.28. The Morgan fingerprint density at radius 3 is 2.75 bits per heavy atom. The van der Waals surface area contributed by atoms with Crippen LogP contribution < -0.4 is 10.6 Å². The number of carbonyl (C=O) groups is 3. The summed E-state index contributed by atoms with van der Waals surface area (Å²) < 4.78 is 1.75. The molecule has 2 aromatic rings. The molecule has 1 fully saturated rings. The van der Waals surface area contributed by atoms with E-state index in [2.05, 4.69) is 15.7 Å². The Morgan fingerprint density at radius 1 is 1.33 bits per heavy atom. The second-order valence-corrected chi connectivity index (χ2v) is 5.55. The van der Waals surface area contributed by atoms with E-state index in [0.29, 0.717) is 5.69 Å². The van der Waals surface area contributed by atoms with Gasteiger partial charge >= 0.3 is 6.03 Å². The Kier molecular flexibility index (Phi) is 4.28. The summed E-state index contributed by atoms with van der Waals surface area (Å²) in [6, 6.07) is 9.36. The number of amides is 4. The van der Waals surface area contributed by atoms with Crippen molar-refractivity contribution in [3.05, 3.63) is 48.3 Å². The van der Waals surface area contributed by atoms with E-state index in [1.54, 1.807) is 17.1 Å². The number of nitrogens with zero attached hydrogens (tertiary/aromatic N) is 3. The van der Waals surface area contributed by atoms with Crippen LogP contribution in [0.2, 0.25) is 0 Å². The first-order chi connectivity index (χ1) is 11.5. The third-order valence-corrected chi connectivity index (χ3v) is 3.77. The highest BCUT2D eigenvalue weighted by Crippen LogP contribution is 2.18. The summed E-state index contributed by atoms with van der Waals surface area (Å²) in [5.74, 6) is -0.788. The van der Waals surface area contributed by atoms with Gasteiger partial charge in [0.05, 0.1) is 17.9 Å². The smallest absolute Gasteiger partial charge is 0.322 e. The number of urea groups is 1. The molecule has 1 unspecified atom stereocenters. The van der Waals surface area contributed by atoms with Crippen LogP contribution in [-0.4, -0.2) is 45.6 Å². The van der Waals surface area contributed by atoms with Crippen LogP contribution in [0, 0.1) is 0 Å². The van der Waals surface area contributed by atoms with Crippen molar-refractivity contribution in [1.29, 1.82) is 0 Å². The molecule has 1 aromatic carbocycles. The lowest BCUT2D eigenvalue weighted by molar-refractivity contribution is -0.119. The summed E-state index contributed by atoms with van der Waals surface area (Å²) in [4.78, 5) is 35.7. The largest absolute Gasteiger partial charge is 0.325 e. The lowest BCUT2D eigenvalue weighted by atomic mass is 10.1. The molecule has 1 aromatic heterocycles. The van der Waals surface area contributed by atoms with Gasteiger partial charge in [-0.15, -0.1) is 0 Å². The summed E-state index contributed by atoms with van der Waals surface area (Å²) in [6.07, 6.45) is 3.28. The van der Waals surface area contributed by atoms with E-state index in [1.807, 2.05) is 37.3 Å². The van der Waals surface area contributed by atoms with E-state index in [1.165, 1.54) is 0 Å². The van der Waals surface area contributed by atoms with Crippen molar-refractivity contribution in [2.24, 2.45) is 0 Å². The minimum absolute atomic E-state index is 0.0267. The van der Waals surface area contributed by atoms with Crippen molar-refractivity contribution >= 4 is 23.5 Å². The zero-order valence-electron chi connectivity index (χ0n) is 13.1. The summed E-state index contributed by atoms with van der Waals surface area (Å²) >= 11 is 0. The molecular weight excluding hydrogens is 310 g/mol. The van der Waals surface area contributed by atoms with Crippen LogP contribution in [0.4, 0.5) is 10.5 Å². The van der Waals surface area contributed by atoms with E-state index < -0.39 is 11.9 Å². The van der Waals surface area contributed by atoms with Gasteiger partial charge in [0.2, 0.25) is 11.8 Å². The van der Waals surface area contributed by atoms with Gasteiger partial charge in [-0.1, -0.05) is 30.3 Å². The molecule has 0 spiro atoms. The van der Waals surface area contributed by atoms with E-state index in [4.69, 9.17) is 0 Å². The van der Waals surface area contributed by atoms with E-state index >= 15 is 0 Å². The number of benzene rings is 1. The van der Waals surface area contributed by atoms with Gasteiger partial charge in [-0.2, -0.15) is 5.10 Å². The van der Waals surface area contributed by atoms with Crippen LogP contribution in [0.3, 0.4) is 0 Å². The van der Waals surface area contributed by atoms with Gasteiger partial charge in [-0.3, -0.25) is 19.6 Å². The molecule has 0 aliphatic carbocycles. The zero-order valence-corrected chi connectivity index (χ0v) is 13.1. The first kappa shape index (κ1) is 15.7. The number of carbonyl (C=O) groups excluding carboxylic acids is 3. The maximum Gasteiger partial charge on any atom is 0.325 e. The van der Waals surface area contributed by atoms with Crippen molar-refractivity contribution < 1.29 is 14.4 Å². The molecule has 1 aliphatic heterocycles. The molecule has 124 valence electrons. The van der Waals surface area contributed by atoms with Crippen LogP contribution in [0.5, 0.6) is 0 Å². The van der Waals surface area contributed by atoms with Gasteiger partial charge in [0.1, 0.15) is 13.1 Å². The van der Waals surface area contributed by atoms with Crippen molar-refractivity contribution in [2.45, 2.75) is 13.0 Å². The Balaban J connectivity index is 1.61. The molecule has 0 bridgehead atoms. The average Bonchev–Trinajstić information content (AvgIpc) is 3.14. The molecule has 1 aliphatic rings. The molecule has 1 saturated heterocycles. The summed E-state index contributed by atoms with van der Waals surface area (Å²) in [6.45, 7) is 1.72. The Bertz CT molecular complexity index is 771. The lowest BCUT2D eigenvalue weighted by Crippen LogP contribution is -2.35. The number of hydrogen-bond donors (Lipinski definition) is 2. The maximum absolute atomic E-state index is 12.0. The normalized spacial score (nSPS) is 15.3. The first-order valence-electron chi connectivity index (χ1n) is 7.50. The second kappa shape index (κ2) is 6.53. The van der Waals surface area contributed by atoms with Gasteiger partial charge < -0.3 is 10.2 Å². The van der Waals surface area contributed by atoms with E-state index in [-0.39, 0.29) is 25.0 Å². The number of anilines is 1. The molecule has 0 saturated carbocycles. The van der Waals surface area contributed by atoms with Gasteiger partial charge in [0.25, 0.3) is 0 Å². The van der Waals surface area contributed by atoms with E-state index in [9.17, 15) is 14.4 Å². The Labute approximate surface area is 138 Å². The fraction of sp³-hybridized carbons (Fsp3) is 0.250. The number of imide groups is 1. The van der Waals surface area contributed by atoms with Gasteiger partial charge in [-0.25, -0.2) is 4.79 Å². The molecule has 8 nitrogen and oxygen atoms in total. The molecule has 8 heteroatoms. The van der Waals surface area contributed by atoms with Gasteiger partial charge in [-0.05, 0) is 12.5 Å². The third kappa shape index (κ3) is 3.43. The summed E-state index contributed by atoms with van der Waals surface area (Å²) in [5.41, 5.74) is 1.64. The minimum Gasteiger partial charge on any atom is -0.322 e. The fourth-order valence-corrected chi connectivity index (χ4v) is 2.48. The standard InChI is InChI=1S/C16H17N5O3/c1-11(12-5-3-2-4-6-12)21-8-13(7-17-21)18-14(22)9-20-10-15(23)19-16(20)24/h2-8,11H,9-10H2,1H3,(H,18,22)(H,19,23,24). The SMILES string of the molecule is CC(c1ccccc1)n1cc(NC(=O)CN2CC(=O)NC2=O)cn1. The average molecular weight is 327 g/mol. The monoisotopic (exact) mass is 327 g/mol. The molecule has 1 atom stereocenters. The molecule has 24 heavy (non-hydrogen) atoms. The van der Waals surface area contributed by atoms with Crippen molar-refractivity contribution in [1.82, 2.24) is 20.0 Å². The fourth-order valence-electron chi connectivity index (χ4n) is 2.48. The molecule has 0 radical (unpaired) electrons. The summed E-state index contributed by atoms with van der Waals surface area (Å²) in [7, 11) is 0. The number of nitrogens with one attached hydrogen (secondary N) is 2. The van der Waals surface area contributed by atoms with Gasteiger partial charge in [0, 0.05) is 6.20 Å². The van der Waals surface area contributed by atoms with Crippen molar-refractivity contribution in [3.8, 4) is 0 Å². The van der Waals surface area contributed by atoms with Crippen molar-refractivity contribution in [2.75, 3.05) is 18.4 Å². The van der Waals surface area contributed by atoms with Crippen molar-refractivity contribution in [3.63, 3.8) is 0 Å². The van der Waals surface area contributed by atoms with Crippen LogP contribution in [0.25, 0.3) is 0 Å². The van der Waals surface area contributed by atoms with E-state index in [0.717, 1.165) is 10.5 Å². The highest BCUT2D eigenvalue weighted by atomic mass is 16.2. The molecule has 4 amide bonds. The highest BCUT2D eigenvalue weighted by molar-refractivity contribution is 6.04. The van der Waals surface area contributed by atoms with Crippen LogP contribution in [0.15, 0.2) is 42.7 Å².